The number of nitrogens with one attached hydrogen (secondary N) is 1. The van der Waals surface area contributed by atoms with Crippen molar-refractivity contribution in [2.75, 3.05) is 37.4 Å². The van der Waals surface area contributed by atoms with Crippen molar-refractivity contribution in [3.63, 3.8) is 0 Å². The predicted octanol–water partition coefficient (Wildman–Crippen LogP) is 2.96. The summed E-state index contributed by atoms with van der Waals surface area (Å²) in [7, 11) is -3.69. The van der Waals surface area contributed by atoms with E-state index in [1.807, 2.05) is 24.0 Å². The third-order valence-electron chi connectivity index (χ3n) is 5.04. The Morgan fingerprint density at radius 3 is 2.29 bits per heavy atom. The van der Waals surface area contributed by atoms with Gasteiger partial charge in [-0.1, -0.05) is 24.6 Å². The highest BCUT2D eigenvalue weighted by Gasteiger charge is 2.21. The maximum absolute atomic E-state index is 12.8. The van der Waals surface area contributed by atoms with Crippen LogP contribution in [0.25, 0.3) is 0 Å². The molecule has 28 heavy (non-hydrogen) atoms. The standard InChI is InChI=1S/C21H27N3O3S/c1-3-23-13-4-14-24(16-15-23)21(25)18-7-11-20(12-8-18)28(26,27)22-19-9-5-17(2)6-10-19/h5-12,22H,3-4,13-16H2,1-2H3. The fourth-order valence-electron chi connectivity index (χ4n) is 3.29. The third kappa shape index (κ3) is 4.91. The van der Waals surface area contributed by atoms with E-state index in [0.29, 0.717) is 17.8 Å². The largest absolute Gasteiger partial charge is 0.337 e. The Hall–Kier alpha value is -2.38. The first kappa shape index (κ1) is 20.4. The number of amides is 1. The number of aryl methyl sites for hydroxylation is 1. The van der Waals surface area contributed by atoms with E-state index >= 15 is 0 Å². The summed E-state index contributed by atoms with van der Waals surface area (Å²) in [4.78, 5) is 17.1. The zero-order chi connectivity index (χ0) is 20.1. The van der Waals surface area contributed by atoms with Gasteiger partial charge >= 0.3 is 0 Å². The molecule has 7 heteroatoms. The van der Waals surface area contributed by atoms with Crippen LogP contribution >= 0.6 is 0 Å². The second-order valence-corrected chi connectivity index (χ2v) is 8.76. The fraction of sp³-hybridized carbons (Fsp3) is 0.381. The third-order valence-corrected chi connectivity index (χ3v) is 6.44. The van der Waals surface area contributed by atoms with E-state index in [9.17, 15) is 13.2 Å². The van der Waals surface area contributed by atoms with Gasteiger partial charge in [0.15, 0.2) is 0 Å². The number of carbonyl (C=O) groups is 1. The minimum atomic E-state index is -3.69. The molecule has 1 aliphatic heterocycles. The summed E-state index contributed by atoms with van der Waals surface area (Å²) in [6.45, 7) is 8.35. The number of likely N-dealkylation sites (N-methyl/N-ethyl adjacent to an activating group) is 1. The van der Waals surface area contributed by atoms with Crippen molar-refractivity contribution in [2.24, 2.45) is 0 Å². The Morgan fingerprint density at radius 2 is 1.64 bits per heavy atom. The van der Waals surface area contributed by atoms with Gasteiger partial charge in [0.1, 0.15) is 0 Å². The van der Waals surface area contributed by atoms with Gasteiger partial charge in [-0.15, -0.1) is 0 Å². The second kappa shape index (κ2) is 8.75. The highest BCUT2D eigenvalue weighted by Crippen LogP contribution is 2.18. The highest BCUT2D eigenvalue weighted by molar-refractivity contribution is 7.92. The number of hydrogen-bond acceptors (Lipinski definition) is 4. The molecule has 1 amide bonds. The number of sulfonamides is 1. The second-order valence-electron chi connectivity index (χ2n) is 7.08. The van der Waals surface area contributed by atoms with Crippen LogP contribution in [0, 0.1) is 6.92 Å². The van der Waals surface area contributed by atoms with Gasteiger partial charge in [-0.2, -0.15) is 0 Å². The van der Waals surface area contributed by atoms with Crippen LogP contribution in [0.5, 0.6) is 0 Å². The fourth-order valence-corrected chi connectivity index (χ4v) is 4.34. The predicted molar refractivity (Wildman–Crippen MR) is 111 cm³/mol. The van der Waals surface area contributed by atoms with Gasteiger partial charge in [0.05, 0.1) is 4.90 Å². The SMILES string of the molecule is CCN1CCCN(C(=O)c2ccc(S(=O)(=O)Nc3ccc(C)cc3)cc2)CC1. The summed E-state index contributed by atoms with van der Waals surface area (Å²) in [5.41, 5.74) is 2.08. The van der Waals surface area contributed by atoms with Crippen molar-refractivity contribution in [3.8, 4) is 0 Å². The lowest BCUT2D eigenvalue weighted by Gasteiger charge is -2.21. The Bertz CT molecular complexity index is 909. The molecule has 0 unspecified atom stereocenters. The van der Waals surface area contributed by atoms with Crippen LogP contribution in [-0.4, -0.2) is 56.8 Å². The maximum Gasteiger partial charge on any atom is 0.261 e. The quantitative estimate of drug-likeness (QED) is 0.836. The lowest BCUT2D eigenvalue weighted by molar-refractivity contribution is 0.0761. The van der Waals surface area contributed by atoms with Gasteiger partial charge in [-0.05, 0) is 62.8 Å². The van der Waals surface area contributed by atoms with Gasteiger partial charge in [0.25, 0.3) is 15.9 Å². The number of hydrogen-bond donors (Lipinski definition) is 1. The van der Waals surface area contributed by atoms with Crippen LogP contribution in [0.2, 0.25) is 0 Å². The summed E-state index contributed by atoms with van der Waals surface area (Å²) >= 11 is 0. The molecule has 0 spiro atoms. The van der Waals surface area contributed by atoms with E-state index in [1.165, 1.54) is 12.1 Å². The van der Waals surface area contributed by atoms with Gasteiger partial charge in [-0.25, -0.2) is 8.42 Å². The number of nitrogens with zero attached hydrogens (tertiary/aromatic N) is 2. The highest BCUT2D eigenvalue weighted by atomic mass is 32.2. The average molecular weight is 402 g/mol. The number of benzene rings is 2. The smallest absolute Gasteiger partial charge is 0.261 e. The minimum absolute atomic E-state index is 0.0478. The number of anilines is 1. The van der Waals surface area contributed by atoms with Gasteiger partial charge in [0.2, 0.25) is 0 Å². The molecule has 1 N–H and O–H groups in total. The first-order valence-corrected chi connectivity index (χ1v) is 11.1. The minimum Gasteiger partial charge on any atom is -0.337 e. The Kier molecular flexibility index (Phi) is 6.36. The molecule has 1 aliphatic rings. The molecule has 6 nitrogen and oxygen atoms in total. The van der Waals surface area contributed by atoms with E-state index in [1.54, 1.807) is 24.3 Å². The molecular formula is C21H27N3O3S. The monoisotopic (exact) mass is 401 g/mol. The van der Waals surface area contributed by atoms with E-state index < -0.39 is 10.0 Å². The van der Waals surface area contributed by atoms with E-state index in [2.05, 4.69) is 16.5 Å². The van der Waals surface area contributed by atoms with Crippen LogP contribution in [0.15, 0.2) is 53.4 Å². The van der Waals surface area contributed by atoms with Gasteiger partial charge < -0.3 is 9.80 Å². The average Bonchev–Trinajstić information content (AvgIpc) is 2.95. The molecule has 2 aromatic rings. The molecule has 0 aliphatic carbocycles. The van der Waals surface area contributed by atoms with Crippen molar-refractivity contribution >= 4 is 21.6 Å². The summed E-state index contributed by atoms with van der Waals surface area (Å²) in [5.74, 6) is -0.0478. The number of carbonyl (C=O) groups excluding carboxylic acids is 1. The van der Waals surface area contributed by atoms with Crippen molar-refractivity contribution in [2.45, 2.75) is 25.2 Å². The molecule has 1 saturated heterocycles. The lowest BCUT2D eigenvalue weighted by Crippen LogP contribution is -2.35. The summed E-state index contributed by atoms with van der Waals surface area (Å²) in [6.07, 6.45) is 0.951. The van der Waals surface area contributed by atoms with Crippen LogP contribution < -0.4 is 4.72 Å². The van der Waals surface area contributed by atoms with E-state index in [-0.39, 0.29) is 10.8 Å². The van der Waals surface area contributed by atoms with E-state index in [4.69, 9.17) is 0 Å². The molecule has 3 rings (SSSR count). The Balaban J connectivity index is 1.70. The molecule has 0 aromatic heterocycles. The Labute approximate surface area is 167 Å². The van der Waals surface area contributed by atoms with Crippen LogP contribution in [0.4, 0.5) is 5.69 Å². The molecule has 0 atom stereocenters. The van der Waals surface area contributed by atoms with Crippen molar-refractivity contribution in [1.82, 2.24) is 9.80 Å². The van der Waals surface area contributed by atoms with Crippen LogP contribution in [-0.2, 0) is 10.0 Å². The zero-order valence-corrected chi connectivity index (χ0v) is 17.2. The summed E-state index contributed by atoms with van der Waals surface area (Å²) in [5, 5.41) is 0. The lowest BCUT2D eigenvalue weighted by atomic mass is 10.2. The Morgan fingerprint density at radius 1 is 0.964 bits per heavy atom. The summed E-state index contributed by atoms with van der Waals surface area (Å²) in [6, 6.07) is 13.3. The molecule has 0 bridgehead atoms. The van der Waals surface area contributed by atoms with Crippen molar-refractivity contribution in [3.05, 3.63) is 59.7 Å². The molecular weight excluding hydrogens is 374 g/mol. The molecule has 0 saturated carbocycles. The molecule has 1 heterocycles. The normalized spacial score (nSPS) is 15.9. The number of rotatable bonds is 5. The topological polar surface area (TPSA) is 69.7 Å². The molecule has 0 radical (unpaired) electrons. The van der Waals surface area contributed by atoms with Gasteiger partial charge in [0, 0.05) is 30.9 Å². The molecule has 2 aromatic carbocycles. The van der Waals surface area contributed by atoms with Crippen molar-refractivity contribution in [1.29, 1.82) is 0 Å². The molecule has 1 fully saturated rings. The van der Waals surface area contributed by atoms with Crippen LogP contribution in [0.3, 0.4) is 0 Å². The molecule has 150 valence electrons. The summed E-state index contributed by atoms with van der Waals surface area (Å²) < 4.78 is 27.7. The van der Waals surface area contributed by atoms with E-state index in [0.717, 1.165) is 38.2 Å². The zero-order valence-electron chi connectivity index (χ0n) is 16.4. The maximum atomic E-state index is 12.8. The van der Waals surface area contributed by atoms with Crippen LogP contribution in [0.1, 0.15) is 29.3 Å². The first-order chi connectivity index (χ1) is 13.4. The van der Waals surface area contributed by atoms with Crippen molar-refractivity contribution < 1.29 is 13.2 Å². The van der Waals surface area contributed by atoms with Gasteiger partial charge in [-0.3, -0.25) is 9.52 Å². The first-order valence-electron chi connectivity index (χ1n) is 9.60.